The molecule has 1 amide bonds. The van der Waals surface area contributed by atoms with Crippen molar-refractivity contribution < 1.29 is 14.3 Å². The fourth-order valence-corrected chi connectivity index (χ4v) is 4.88. The van der Waals surface area contributed by atoms with E-state index >= 15 is 0 Å². The van der Waals surface area contributed by atoms with E-state index in [2.05, 4.69) is 12.2 Å². The number of anilines is 1. The highest BCUT2D eigenvalue weighted by Crippen LogP contribution is 2.44. The Hall–Kier alpha value is -1.40. The number of benzene rings is 1. The number of hydrogen-bond acceptors (Lipinski definition) is 5. The number of ether oxygens (including phenoxy) is 1. The van der Waals surface area contributed by atoms with E-state index in [9.17, 15) is 9.59 Å². The van der Waals surface area contributed by atoms with E-state index in [0.717, 1.165) is 23.4 Å². The second-order valence-electron chi connectivity index (χ2n) is 7.22. The molecular weight excluding hydrogens is 390 g/mol. The van der Waals surface area contributed by atoms with Crippen molar-refractivity contribution in [1.29, 1.82) is 0 Å². The smallest absolute Gasteiger partial charge is 0.262 e. The number of carbonyl (C=O) groups excluding carboxylic acids is 2. The van der Waals surface area contributed by atoms with Gasteiger partial charge in [-0.3, -0.25) is 9.59 Å². The number of unbranched alkanes of at least 4 members (excludes halogenated alkanes) is 5. The Morgan fingerprint density at radius 2 is 1.89 bits per heavy atom. The van der Waals surface area contributed by atoms with Gasteiger partial charge in [-0.1, -0.05) is 69.3 Å². The molecular formula is C22H31NO3S2. The molecule has 1 unspecified atom stereocenters. The number of nitrogens with one attached hydrogen (secondary N) is 1. The van der Waals surface area contributed by atoms with Crippen LogP contribution < -0.4 is 5.32 Å². The maximum absolute atomic E-state index is 12.3. The van der Waals surface area contributed by atoms with Crippen molar-refractivity contribution >= 4 is 40.2 Å². The molecule has 0 fully saturated rings. The Bertz CT molecular complexity index is 705. The van der Waals surface area contributed by atoms with Crippen molar-refractivity contribution in [3.8, 4) is 0 Å². The number of thioether (sulfide) groups is 2. The SMILES string of the molecule is CCCCCCCCC1(C)SC(=O)C=C1OCC(=O)Nc1ccccc1SC. The van der Waals surface area contributed by atoms with Crippen LogP contribution in [0.1, 0.15) is 58.8 Å². The van der Waals surface area contributed by atoms with E-state index in [1.165, 1.54) is 43.9 Å². The number of amides is 1. The summed E-state index contributed by atoms with van der Waals surface area (Å²) in [6, 6.07) is 7.68. The van der Waals surface area contributed by atoms with Gasteiger partial charge in [0.2, 0.25) is 5.12 Å². The van der Waals surface area contributed by atoms with E-state index in [4.69, 9.17) is 4.74 Å². The Kier molecular flexibility index (Phi) is 9.45. The highest BCUT2D eigenvalue weighted by Gasteiger charge is 2.39. The third kappa shape index (κ3) is 6.89. The normalized spacial score (nSPS) is 18.8. The van der Waals surface area contributed by atoms with E-state index < -0.39 is 0 Å². The first-order valence-corrected chi connectivity index (χ1v) is 12.0. The molecule has 1 aromatic carbocycles. The maximum Gasteiger partial charge on any atom is 0.262 e. The number of para-hydroxylation sites is 1. The lowest BCUT2D eigenvalue weighted by Crippen LogP contribution is -2.26. The average molecular weight is 422 g/mol. The van der Waals surface area contributed by atoms with Crippen molar-refractivity contribution in [1.82, 2.24) is 0 Å². The van der Waals surface area contributed by atoms with Crippen LogP contribution in [0.4, 0.5) is 5.69 Å². The van der Waals surface area contributed by atoms with Gasteiger partial charge in [0, 0.05) is 11.0 Å². The predicted molar refractivity (Wildman–Crippen MR) is 120 cm³/mol. The van der Waals surface area contributed by atoms with Crippen LogP contribution in [0, 0.1) is 0 Å². The van der Waals surface area contributed by atoms with Gasteiger partial charge in [-0.2, -0.15) is 0 Å². The van der Waals surface area contributed by atoms with Gasteiger partial charge in [-0.15, -0.1) is 11.8 Å². The van der Waals surface area contributed by atoms with Crippen LogP contribution in [-0.2, 0) is 14.3 Å². The lowest BCUT2D eigenvalue weighted by atomic mass is 9.99. The zero-order valence-electron chi connectivity index (χ0n) is 17.1. The first-order valence-electron chi connectivity index (χ1n) is 9.99. The van der Waals surface area contributed by atoms with Gasteiger partial charge in [0.05, 0.1) is 10.4 Å². The van der Waals surface area contributed by atoms with Crippen molar-refractivity contribution in [2.75, 3.05) is 18.2 Å². The van der Waals surface area contributed by atoms with E-state index in [-0.39, 0.29) is 22.4 Å². The molecule has 1 heterocycles. The maximum atomic E-state index is 12.3. The quantitative estimate of drug-likeness (QED) is 0.330. The van der Waals surface area contributed by atoms with Crippen LogP contribution in [0.15, 0.2) is 41.0 Å². The highest BCUT2D eigenvalue weighted by atomic mass is 32.2. The molecule has 1 atom stereocenters. The molecule has 1 aliphatic rings. The lowest BCUT2D eigenvalue weighted by molar-refractivity contribution is -0.119. The van der Waals surface area contributed by atoms with Crippen LogP contribution >= 0.6 is 23.5 Å². The molecule has 0 radical (unpaired) electrons. The third-order valence-electron chi connectivity index (χ3n) is 4.84. The Balaban J connectivity index is 1.84. The Morgan fingerprint density at radius 1 is 1.18 bits per heavy atom. The standard InChI is InChI=1S/C22H31NO3S2/c1-4-5-6-7-8-11-14-22(2)19(15-21(25)28-22)26-16-20(24)23-17-12-9-10-13-18(17)27-3/h9-10,12-13,15H,4-8,11,14,16H2,1-3H3,(H,23,24). The average Bonchev–Trinajstić information content (AvgIpc) is 2.97. The van der Waals surface area contributed by atoms with Crippen molar-refractivity contribution in [2.24, 2.45) is 0 Å². The van der Waals surface area contributed by atoms with Crippen LogP contribution in [0.25, 0.3) is 0 Å². The minimum atomic E-state index is -0.362. The molecule has 1 aliphatic heterocycles. The van der Waals surface area contributed by atoms with E-state index in [1.807, 2.05) is 37.4 Å². The van der Waals surface area contributed by atoms with Crippen molar-refractivity contribution in [3.63, 3.8) is 0 Å². The van der Waals surface area contributed by atoms with E-state index in [1.54, 1.807) is 17.8 Å². The molecule has 1 aromatic rings. The second-order valence-corrected chi connectivity index (χ2v) is 9.57. The molecule has 0 saturated carbocycles. The fourth-order valence-electron chi connectivity index (χ4n) is 3.25. The third-order valence-corrected chi connectivity index (χ3v) is 6.81. The molecule has 0 spiro atoms. The second kappa shape index (κ2) is 11.6. The molecule has 1 N–H and O–H groups in total. The van der Waals surface area contributed by atoms with Gasteiger partial charge in [-0.05, 0) is 31.7 Å². The van der Waals surface area contributed by atoms with Gasteiger partial charge in [0.15, 0.2) is 6.61 Å². The van der Waals surface area contributed by atoms with Gasteiger partial charge >= 0.3 is 0 Å². The van der Waals surface area contributed by atoms with Crippen LogP contribution in [0.5, 0.6) is 0 Å². The summed E-state index contributed by atoms with van der Waals surface area (Å²) < 4.78 is 5.43. The topological polar surface area (TPSA) is 55.4 Å². The van der Waals surface area contributed by atoms with E-state index in [0.29, 0.717) is 5.76 Å². The summed E-state index contributed by atoms with van der Waals surface area (Å²) in [6.45, 7) is 4.17. The highest BCUT2D eigenvalue weighted by molar-refractivity contribution is 8.15. The molecule has 154 valence electrons. The Labute approximate surface area is 177 Å². The minimum absolute atomic E-state index is 0.0108. The summed E-state index contributed by atoms with van der Waals surface area (Å²) in [4.78, 5) is 25.3. The lowest BCUT2D eigenvalue weighted by Gasteiger charge is -2.26. The molecule has 4 nitrogen and oxygen atoms in total. The zero-order valence-corrected chi connectivity index (χ0v) is 18.7. The molecule has 28 heavy (non-hydrogen) atoms. The minimum Gasteiger partial charge on any atom is -0.486 e. The summed E-state index contributed by atoms with van der Waals surface area (Å²) in [7, 11) is 0. The molecule has 0 saturated heterocycles. The first-order chi connectivity index (χ1) is 13.5. The fraction of sp³-hybridized carbons (Fsp3) is 0.545. The molecule has 0 aromatic heterocycles. The summed E-state index contributed by atoms with van der Waals surface area (Å²) in [6.07, 6.45) is 11.7. The monoisotopic (exact) mass is 421 g/mol. The van der Waals surface area contributed by atoms with Gasteiger partial charge in [-0.25, -0.2) is 0 Å². The summed E-state index contributed by atoms with van der Waals surface area (Å²) in [5, 5.41) is 2.90. The molecule has 0 aliphatic carbocycles. The Morgan fingerprint density at radius 3 is 2.64 bits per heavy atom. The zero-order chi connectivity index (χ0) is 20.4. The summed E-state index contributed by atoms with van der Waals surface area (Å²) in [5.74, 6) is 0.415. The van der Waals surface area contributed by atoms with Gasteiger partial charge in [0.25, 0.3) is 5.91 Å². The molecule has 0 bridgehead atoms. The van der Waals surface area contributed by atoms with Crippen molar-refractivity contribution in [2.45, 2.75) is 68.4 Å². The predicted octanol–water partition coefficient (Wildman–Crippen LogP) is 6.03. The van der Waals surface area contributed by atoms with Crippen LogP contribution in [0.3, 0.4) is 0 Å². The number of rotatable bonds is 12. The van der Waals surface area contributed by atoms with Crippen LogP contribution in [-0.4, -0.2) is 28.6 Å². The first kappa shape index (κ1) is 22.9. The summed E-state index contributed by atoms with van der Waals surface area (Å²) in [5.41, 5.74) is 0.782. The largest absolute Gasteiger partial charge is 0.486 e. The van der Waals surface area contributed by atoms with Crippen molar-refractivity contribution in [3.05, 3.63) is 36.1 Å². The molecule has 2 rings (SSSR count). The van der Waals surface area contributed by atoms with Crippen LogP contribution in [0.2, 0.25) is 0 Å². The summed E-state index contributed by atoms with van der Waals surface area (Å²) >= 11 is 2.90. The van der Waals surface area contributed by atoms with Gasteiger partial charge < -0.3 is 10.1 Å². The number of hydrogen-bond donors (Lipinski definition) is 1. The molecule has 6 heteroatoms. The number of carbonyl (C=O) groups is 2. The van der Waals surface area contributed by atoms with Gasteiger partial charge in [0.1, 0.15) is 5.76 Å².